The minimum Gasteiger partial charge on any atom is -0.493 e. The van der Waals surface area contributed by atoms with Crippen molar-refractivity contribution in [1.82, 2.24) is 19.4 Å². The van der Waals surface area contributed by atoms with Crippen molar-refractivity contribution in [1.29, 1.82) is 0 Å². The van der Waals surface area contributed by atoms with E-state index in [4.69, 9.17) is 9.47 Å². The van der Waals surface area contributed by atoms with Crippen LogP contribution in [-0.4, -0.2) is 27.1 Å². The van der Waals surface area contributed by atoms with Crippen molar-refractivity contribution in [3.63, 3.8) is 0 Å². The van der Waals surface area contributed by atoms with Gasteiger partial charge in [-0.1, -0.05) is 18.2 Å². The molecule has 1 N–H and O–H groups in total. The van der Waals surface area contributed by atoms with E-state index in [0.29, 0.717) is 31.2 Å². The molecule has 4 aromatic rings. The molecule has 1 atom stereocenters. The largest absolute Gasteiger partial charge is 0.493 e. The summed E-state index contributed by atoms with van der Waals surface area (Å²) in [4.78, 5) is 29.5. The lowest BCUT2D eigenvalue weighted by molar-refractivity contribution is -0.121. The Bertz CT molecular complexity index is 1360. The quantitative estimate of drug-likeness (QED) is 0.374. The van der Waals surface area contributed by atoms with E-state index in [2.05, 4.69) is 10.3 Å². The summed E-state index contributed by atoms with van der Waals surface area (Å²) in [5.74, 6) is 1.09. The second-order valence-electron chi connectivity index (χ2n) is 8.26. The molecule has 0 aliphatic heterocycles. The number of nitrogens with one attached hydrogen (secondary N) is 1. The molecule has 35 heavy (non-hydrogen) atoms. The molecule has 0 spiro atoms. The van der Waals surface area contributed by atoms with E-state index in [0.717, 1.165) is 22.2 Å². The number of pyridine rings is 1. The Labute approximate surface area is 204 Å². The number of para-hydroxylation sites is 2. The number of amides is 1. The van der Waals surface area contributed by atoms with E-state index in [9.17, 15) is 9.59 Å². The Hall–Kier alpha value is -4.07. The minimum atomic E-state index is -0.237. The lowest BCUT2D eigenvalue weighted by Crippen LogP contribution is -2.30. The fourth-order valence-corrected chi connectivity index (χ4v) is 4.12. The van der Waals surface area contributed by atoms with Gasteiger partial charge in [0.15, 0.2) is 11.5 Å². The molecule has 2 heterocycles. The molecule has 1 amide bonds. The molecular weight excluding hydrogens is 444 g/mol. The SMILES string of the molecule is CCn1c(=O)n(CCC(=O)NC(C)c2ccc(OCc3ccncc3)c(OC)c2)c2ccccc21. The van der Waals surface area contributed by atoms with Gasteiger partial charge >= 0.3 is 5.69 Å². The molecule has 1 unspecified atom stereocenters. The highest BCUT2D eigenvalue weighted by Crippen LogP contribution is 2.31. The highest BCUT2D eigenvalue weighted by molar-refractivity contribution is 5.78. The molecule has 2 aromatic carbocycles. The predicted octanol–water partition coefficient (Wildman–Crippen LogP) is 4.07. The molecular formula is C27H30N4O4. The van der Waals surface area contributed by atoms with Crippen LogP contribution in [0, 0.1) is 0 Å². The van der Waals surface area contributed by atoms with E-state index in [1.807, 2.05) is 68.4 Å². The van der Waals surface area contributed by atoms with Gasteiger partial charge in [-0.15, -0.1) is 0 Å². The summed E-state index contributed by atoms with van der Waals surface area (Å²) in [5, 5.41) is 3.02. The number of imidazole rings is 1. The van der Waals surface area contributed by atoms with Crippen molar-refractivity contribution in [3.8, 4) is 11.5 Å². The van der Waals surface area contributed by atoms with Crippen molar-refractivity contribution in [3.05, 3.63) is 88.6 Å². The standard InChI is InChI=1S/C27H30N4O4/c1-4-30-22-7-5-6-8-23(22)31(27(30)33)16-13-26(32)29-19(2)21-9-10-24(25(17-21)34-3)35-18-20-11-14-28-15-12-20/h5-12,14-15,17,19H,4,13,16,18H2,1-3H3,(H,29,32). The first-order chi connectivity index (χ1) is 17.0. The Morgan fingerprint density at radius 1 is 1.03 bits per heavy atom. The molecule has 0 saturated carbocycles. The number of fused-ring (bicyclic) bond motifs is 1. The molecule has 4 rings (SSSR count). The average molecular weight is 475 g/mol. The summed E-state index contributed by atoms with van der Waals surface area (Å²) < 4.78 is 14.8. The van der Waals surface area contributed by atoms with Crippen LogP contribution in [0.1, 0.15) is 37.4 Å². The van der Waals surface area contributed by atoms with Crippen LogP contribution in [0.2, 0.25) is 0 Å². The lowest BCUT2D eigenvalue weighted by atomic mass is 10.1. The fraction of sp³-hybridized carbons (Fsp3) is 0.296. The number of benzene rings is 2. The number of hydrogen-bond donors (Lipinski definition) is 1. The maximum absolute atomic E-state index is 12.8. The summed E-state index contributed by atoms with van der Waals surface area (Å²) in [6, 6.07) is 16.8. The normalized spacial score (nSPS) is 11.9. The smallest absolute Gasteiger partial charge is 0.329 e. The topological polar surface area (TPSA) is 87.4 Å². The molecule has 0 aliphatic rings. The van der Waals surface area contributed by atoms with Crippen LogP contribution in [0.15, 0.2) is 71.8 Å². The maximum atomic E-state index is 12.8. The van der Waals surface area contributed by atoms with Gasteiger partial charge in [-0.3, -0.25) is 18.9 Å². The zero-order valence-electron chi connectivity index (χ0n) is 20.2. The number of aryl methyl sites for hydroxylation is 2. The third-order valence-corrected chi connectivity index (χ3v) is 6.01. The van der Waals surface area contributed by atoms with E-state index >= 15 is 0 Å². The minimum absolute atomic E-state index is 0.0957. The summed E-state index contributed by atoms with van der Waals surface area (Å²) in [7, 11) is 1.59. The molecule has 0 bridgehead atoms. The zero-order valence-corrected chi connectivity index (χ0v) is 20.2. The number of carbonyl (C=O) groups is 1. The van der Waals surface area contributed by atoms with Crippen LogP contribution in [0.5, 0.6) is 11.5 Å². The molecule has 0 fully saturated rings. The van der Waals surface area contributed by atoms with Crippen molar-refractivity contribution in [2.24, 2.45) is 0 Å². The van der Waals surface area contributed by atoms with Crippen LogP contribution in [-0.2, 0) is 24.5 Å². The first kappa shape index (κ1) is 24.1. The summed E-state index contributed by atoms with van der Waals surface area (Å²) >= 11 is 0. The van der Waals surface area contributed by atoms with Gasteiger partial charge in [0, 0.05) is 31.9 Å². The molecule has 8 heteroatoms. The van der Waals surface area contributed by atoms with Crippen molar-refractivity contribution in [2.75, 3.05) is 7.11 Å². The first-order valence-electron chi connectivity index (χ1n) is 11.7. The Kier molecular flexibility index (Phi) is 7.50. The number of nitrogens with zero attached hydrogens (tertiary/aromatic N) is 3. The second-order valence-corrected chi connectivity index (χ2v) is 8.26. The number of rotatable bonds is 10. The maximum Gasteiger partial charge on any atom is 0.329 e. The predicted molar refractivity (Wildman–Crippen MR) is 135 cm³/mol. The van der Waals surface area contributed by atoms with Crippen LogP contribution in [0.3, 0.4) is 0 Å². The average Bonchev–Trinajstić information content (AvgIpc) is 3.16. The van der Waals surface area contributed by atoms with Gasteiger partial charge in [0.05, 0.1) is 24.2 Å². The van der Waals surface area contributed by atoms with Crippen LogP contribution in [0.25, 0.3) is 11.0 Å². The summed E-state index contributed by atoms with van der Waals surface area (Å²) in [5.41, 5.74) is 3.53. The summed E-state index contributed by atoms with van der Waals surface area (Å²) in [6.45, 7) is 5.16. The molecule has 182 valence electrons. The van der Waals surface area contributed by atoms with Crippen LogP contribution < -0.4 is 20.5 Å². The van der Waals surface area contributed by atoms with Gasteiger partial charge in [0.2, 0.25) is 5.91 Å². The Morgan fingerprint density at radius 3 is 2.43 bits per heavy atom. The van der Waals surface area contributed by atoms with E-state index in [-0.39, 0.29) is 24.1 Å². The third-order valence-electron chi connectivity index (χ3n) is 6.01. The molecule has 8 nitrogen and oxygen atoms in total. The van der Waals surface area contributed by atoms with Gasteiger partial charge in [0.1, 0.15) is 6.61 Å². The highest BCUT2D eigenvalue weighted by atomic mass is 16.5. The Morgan fingerprint density at radius 2 is 1.74 bits per heavy atom. The number of carbonyl (C=O) groups excluding carboxylic acids is 1. The number of aromatic nitrogens is 3. The van der Waals surface area contributed by atoms with Crippen molar-refractivity contribution < 1.29 is 14.3 Å². The molecule has 2 aromatic heterocycles. The number of methoxy groups -OCH3 is 1. The van der Waals surface area contributed by atoms with Gasteiger partial charge in [-0.2, -0.15) is 0 Å². The fourth-order valence-electron chi connectivity index (χ4n) is 4.12. The molecule has 0 saturated heterocycles. The van der Waals surface area contributed by atoms with Gasteiger partial charge < -0.3 is 14.8 Å². The van der Waals surface area contributed by atoms with E-state index < -0.39 is 0 Å². The van der Waals surface area contributed by atoms with E-state index in [1.54, 1.807) is 28.6 Å². The van der Waals surface area contributed by atoms with Gasteiger partial charge in [-0.25, -0.2) is 4.79 Å². The monoisotopic (exact) mass is 474 g/mol. The van der Waals surface area contributed by atoms with Gasteiger partial charge in [0.25, 0.3) is 0 Å². The third kappa shape index (κ3) is 5.37. The number of hydrogen-bond acceptors (Lipinski definition) is 5. The van der Waals surface area contributed by atoms with Crippen molar-refractivity contribution in [2.45, 2.75) is 46.0 Å². The summed E-state index contributed by atoms with van der Waals surface area (Å²) in [6.07, 6.45) is 3.65. The number of ether oxygens (including phenoxy) is 2. The van der Waals surface area contributed by atoms with E-state index in [1.165, 1.54) is 0 Å². The van der Waals surface area contributed by atoms with Crippen LogP contribution in [0.4, 0.5) is 0 Å². The second kappa shape index (κ2) is 10.9. The zero-order chi connectivity index (χ0) is 24.8. The molecule has 0 aliphatic carbocycles. The Balaban J connectivity index is 1.39. The first-order valence-corrected chi connectivity index (χ1v) is 11.7. The lowest BCUT2D eigenvalue weighted by Gasteiger charge is -2.17. The van der Waals surface area contributed by atoms with Crippen LogP contribution >= 0.6 is 0 Å². The highest BCUT2D eigenvalue weighted by Gasteiger charge is 2.16. The van der Waals surface area contributed by atoms with Crippen molar-refractivity contribution >= 4 is 16.9 Å². The molecule has 0 radical (unpaired) electrons. The van der Waals surface area contributed by atoms with Gasteiger partial charge in [-0.05, 0) is 61.4 Å².